The third-order valence-electron chi connectivity index (χ3n) is 2.11. The summed E-state index contributed by atoms with van der Waals surface area (Å²) in [5.41, 5.74) is 4.40. The number of hydrogen-bond acceptors (Lipinski definition) is 2. The van der Waals surface area contributed by atoms with Crippen molar-refractivity contribution in [2.75, 3.05) is 6.54 Å². The summed E-state index contributed by atoms with van der Waals surface area (Å²) in [6.07, 6.45) is 0.380. The van der Waals surface area contributed by atoms with Crippen LogP contribution in [-0.2, 0) is 11.2 Å². The van der Waals surface area contributed by atoms with Crippen LogP contribution in [0.15, 0.2) is 24.3 Å². The van der Waals surface area contributed by atoms with E-state index in [2.05, 4.69) is 5.73 Å². The molecule has 0 fully saturated rings. The quantitative estimate of drug-likeness (QED) is 0.732. The highest BCUT2D eigenvalue weighted by molar-refractivity contribution is 6.31. The fourth-order valence-electron chi connectivity index (χ4n) is 1.23. The van der Waals surface area contributed by atoms with E-state index >= 15 is 0 Å². The summed E-state index contributed by atoms with van der Waals surface area (Å²) in [5, 5.41) is 11.2. The van der Waals surface area contributed by atoms with Crippen LogP contribution in [0, 0.1) is 5.92 Å². The van der Waals surface area contributed by atoms with E-state index in [1.165, 1.54) is 0 Å². The molecule has 1 atom stereocenters. The minimum atomic E-state index is -1.07. The zero-order valence-electron chi connectivity index (χ0n) is 7.70. The molecule has 1 aromatic carbocycles. The normalized spacial score (nSPS) is 12.4. The molecule has 1 aromatic rings. The Balaban J connectivity index is 2.77. The molecule has 0 radical (unpaired) electrons. The van der Waals surface area contributed by atoms with E-state index in [1.807, 2.05) is 18.2 Å². The zero-order chi connectivity index (χ0) is 10.6. The third-order valence-corrected chi connectivity index (χ3v) is 2.47. The van der Waals surface area contributed by atoms with Gasteiger partial charge in [-0.15, -0.1) is 0 Å². The predicted octanol–water partition coefficient (Wildman–Crippen LogP) is -0.510. The Bertz CT molecular complexity index is 328. The summed E-state index contributed by atoms with van der Waals surface area (Å²) in [7, 11) is 0. The second kappa shape index (κ2) is 4.98. The van der Waals surface area contributed by atoms with Crippen molar-refractivity contribution in [3.05, 3.63) is 34.9 Å². The fraction of sp³-hybridized carbons (Fsp3) is 0.300. The van der Waals surface area contributed by atoms with E-state index in [0.29, 0.717) is 18.0 Å². The van der Waals surface area contributed by atoms with Crippen LogP contribution in [0.1, 0.15) is 5.56 Å². The summed E-state index contributed by atoms with van der Waals surface area (Å²) in [6, 6.07) is 7.20. The first kappa shape index (κ1) is 11.0. The highest BCUT2D eigenvalue weighted by Crippen LogP contribution is 2.18. The lowest BCUT2D eigenvalue weighted by molar-refractivity contribution is -0.387. The molecule has 76 valence electrons. The van der Waals surface area contributed by atoms with Crippen molar-refractivity contribution < 1.29 is 15.6 Å². The van der Waals surface area contributed by atoms with Crippen molar-refractivity contribution in [1.82, 2.24) is 0 Å². The molecular weight excluding hydrogens is 202 g/mol. The average molecular weight is 214 g/mol. The van der Waals surface area contributed by atoms with Crippen molar-refractivity contribution in [2.45, 2.75) is 6.42 Å². The molecule has 0 spiro atoms. The molecule has 0 saturated heterocycles. The van der Waals surface area contributed by atoms with Crippen LogP contribution in [0.4, 0.5) is 0 Å². The molecule has 3 N–H and O–H groups in total. The van der Waals surface area contributed by atoms with Crippen LogP contribution in [0.3, 0.4) is 0 Å². The Morgan fingerprint density at radius 2 is 2.14 bits per heavy atom. The minimum absolute atomic E-state index is 0.313. The molecule has 0 unspecified atom stereocenters. The van der Waals surface area contributed by atoms with E-state index in [1.54, 1.807) is 6.07 Å². The lowest BCUT2D eigenvalue weighted by Gasteiger charge is -2.14. The van der Waals surface area contributed by atoms with Crippen LogP contribution in [-0.4, -0.2) is 12.5 Å². The molecule has 4 heteroatoms. The van der Waals surface area contributed by atoms with Gasteiger partial charge in [-0.05, 0) is 18.1 Å². The molecule has 0 aliphatic rings. The molecular formula is C10H12ClNO2. The summed E-state index contributed by atoms with van der Waals surface area (Å²) in [4.78, 5) is 10.7. The van der Waals surface area contributed by atoms with Crippen molar-refractivity contribution in [3.63, 3.8) is 0 Å². The average Bonchev–Trinajstić information content (AvgIpc) is 2.16. The maximum Gasteiger partial charge on any atom is 0.0824 e. The first-order valence-corrected chi connectivity index (χ1v) is 4.76. The van der Waals surface area contributed by atoms with Gasteiger partial charge in [0.25, 0.3) is 0 Å². The van der Waals surface area contributed by atoms with Crippen molar-refractivity contribution in [2.24, 2.45) is 5.92 Å². The number of carboxylic acids is 1. The third kappa shape index (κ3) is 2.72. The standard InChI is InChI=1S/C10H12ClNO2/c11-9-4-2-1-3-7(9)5-8(6-12)10(13)14/h1-4,8H,5-6,12H2,(H,13,14)/t8-/m1/s1. The monoisotopic (exact) mass is 213 g/mol. The molecule has 14 heavy (non-hydrogen) atoms. The fourth-order valence-corrected chi connectivity index (χ4v) is 1.45. The van der Waals surface area contributed by atoms with E-state index in [-0.39, 0.29) is 0 Å². The number of halogens is 1. The van der Waals surface area contributed by atoms with E-state index in [0.717, 1.165) is 5.56 Å². The van der Waals surface area contributed by atoms with E-state index < -0.39 is 11.9 Å². The van der Waals surface area contributed by atoms with Gasteiger partial charge < -0.3 is 15.6 Å². The summed E-state index contributed by atoms with van der Waals surface area (Å²) in [6.45, 7) is 0.313. The molecule has 0 amide bonds. The number of aliphatic carboxylic acids is 1. The van der Waals surface area contributed by atoms with Gasteiger partial charge >= 0.3 is 0 Å². The van der Waals surface area contributed by atoms with Crippen LogP contribution in [0.2, 0.25) is 5.02 Å². The molecule has 0 aromatic heterocycles. The van der Waals surface area contributed by atoms with E-state index in [9.17, 15) is 9.90 Å². The number of carbonyl (C=O) groups is 1. The van der Waals surface area contributed by atoms with Gasteiger partial charge in [0.2, 0.25) is 0 Å². The van der Waals surface area contributed by atoms with Crippen molar-refractivity contribution >= 4 is 17.6 Å². The number of quaternary nitrogens is 1. The Hall–Kier alpha value is -1.06. The molecule has 3 nitrogen and oxygen atoms in total. The minimum Gasteiger partial charge on any atom is -0.550 e. The van der Waals surface area contributed by atoms with Crippen molar-refractivity contribution in [3.8, 4) is 0 Å². The second-order valence-electron chi connectivity index (χ2n) is 3.10. The first-order valence-electron chi connectivity index (χ1n) is 4.38. The number of carbonyl (C=O) groups excluding carboxylic acids is 1. The molecule has 0 aliphatic heterocycles. The number of rotatable bonds is 4. The molecule has 1 rings (SSSR count). The molecule has 0 heterocycles. The maximum atomic E-state index is 10.7. The highest BCUT2D eigenvalue weighted by Gasteiger charge is 2.12. The number of benzene rings is 1. The van der Waals surface area contributed by atoms with Gasteiger partial charge in [-0.2, -0.15) is 0 Å². The lowest BCUT2D eigenvalue weighted by Crippen LogP contribution is -2.57. The van der Waals surface area contributed by atoms with Gasteiger partial charge in [0.1, 0.15) is 0 Å². The van der Waals surface area contributed by atoms with Gasteiger partial charge in [0, 0.05) is 5.02 Å². The largest absolute Gasteiger partial charge is 0.550 e. The van der Waals surface area contributed by atoms with Crippen molar-refractivity contribution in [1.29, 1.82) is 0 Å². The summed E-state index contributed by atoms with van der Waals surface area (Å²) < 4.78 is 0. The van der Waals surface area contributed by atoms with Crippen LogP contribution in [0.5, 0.6) is 0 Å². The summed E-state index contributed by atoms with van der Waals surface area (Å²) >= 11 is 5.90. The predicted molar refractivity (Wildman–Crippen MR) is 51.4 cm³/mol. The Morgan fingerprint density at radius 3 is 2.64 bits per heavy atom. The second-order valence-corrected chi connectivity index (χ2v) is 3.51. The summed E-state index contributed by atoms with van der Waals surface area (Å²) in [5.74, 6) is -1.63. The first-order chi connectivity index (χ1) is 6.65. The van der Waals surface area contributed by atoms with Gasteiger partial charge in [0.05, 0.1) is 18.4 Å². The number of carboxylic acid groups (broad SMARTS) is 1. The van der Waals surface area contributed by atoms with Gasteiger partial charge in [0.15, 0.2) is 0 Å². The molecule has 0 saturated carbocycles. The SMILES string of the molecule is [NH3+]C[C@@H](Cc1ccccc1Cl)C(=O)[O-]. The van der Waals surface area contributed by atoms with Crippen LogP contribution < -0.4 is 10.8 Å². The number of hydrogen-bond donors (Lipinski definition) is 1. The Labute approximate surface area is 87.5 Å². The topological polar surface area (TPSA) is 67.8 Å². The highest BCUT2D eigenvalue weighted by atomic mass is 35.5. The van der Waals surface area contributed by atoms with Crippen LogP contribution in [0.25, 0.3) is 0 Å². The maximum absolute atomic E-state index is 10.7. The Morgan fingerprint density at radius 1 is 1.50 bits per heavy atom. The van der Waals surface area contributed by atoms with Crippen LogP contribution >= 0.6 is 11.6 Å². The van der Waals surface area contributed by atoms with Gasteiger partial charge in [-0.25, -0.2) is 0 Å². The van der Waals surface area contributed by atoms with Gasteiger partial charge in [-0.1, -0.05) is 29.8 Å². The molecule has 0 aliphatic carbocycles. The van der Waals surface area contributed by atoms with Gasteiger partial charge in [-0.3, -0.25) is 0 Å². The molecule has 0 bridgehead atoms. The smallest absolute Gasteiger partial charge is 0.0824 e. The lowest BCUT2D eigenvalue weighted by atomic mass is 10.00. The van der Waals surface area contributed by atoms with E-state index in [4.69, 9.17) is 11.6 Å². The Kier molecular flexibility index (Phi) is 3.92. The zero-order valence-corrected chi connectivity index (χ0v) is 8.46.